The third-order valence-electron chi connectivity index (χ3n) is 5.33. The van der Waals surface area contributed by atoms with E-state index in [4.69, 9.17) is 5.11 Å². The summed E-state index contributed by atoms with van der Waals surface area (Å²) in [6.07, 6.45) is 4.99. The van der Waals surface area contributed by atoms with Crippen LogP contribution in [-0.2, 0) is 24.2 Å². The summed E-state index contributed by atoms with van der Waals surface area (Å²) in [5.41, 5.74) is 4.74. The quantitative estimate of drug-likeness (QED) is 0.725. The minimum atomic E-state index is -0.931. The first-order valence-electron chi connectivity index (χ1n) is 9.29. The van der Waals surface area contributed by atoms with Crippen molar-refractivity contribution < 1.29 is 14.7 Å². The summed E-state index contributed by atoms with van der Waals surface area (Å²) in [5, 5.41) is 10.4. The Morgan fingerprint density at radius 1 is 1.11 bits per heavy atom. The molecule has 1 amide bonds. The van der Waals surface area contributed by atoms with Crippen molar-refractivity contribution in [3.63, 3.8) is 0 Å². The number of nitrogens with one attached hydrogen (secondary N) is 1. The SMILES string of the molecule is O=C(O)c1ccc2c(c1)CN(C(=O)CCCc1c[nH]c3ccccc13)CC2. The number of aromatic carboxylic acids is 1. The van der Waals surface area contributed by atoms with E-state index in [1.807, 2.05) is 29.3 Å². The number of benzene rings is 2. The summed E-state index contributed by atoms with van der Waals surface area (Å²) in [6.45, 7) is 1.20. The van der Waals surface area contributed by atoms with Gasteiger partial charge in [0.25, 0.3) is 0 Å². The molecule has 138 valence electrons. The summed E-state index contributed by atoms with van der Waals surface area (Å²) < 4.78 is 0. The van der Waals surface area contributed by atoms with Crippen molar-refractivity contribution in [2.45, 2.75) is 32.2 Å². The highest BCUT2D eigenvalue weighted by Gasteiger charge is 2.21. The Balaban J connectivity index is 1.36. The lowest BCUT2D eigenvalue weighted by molar-refractivity contribution is -0.132. The topological polar surface area (TPSA) is 73.4 Å². The average Bonchev–Trinajstić information content (AvgIpc) is 3.10. The number of carbonyl (C=O) groups excluding carboxylic acids is 1. The van der Waals surface area contributed by atoms with E-state index in [1.54, 1.807) is 12.1 Å². The lowest BCUT2D eigenvalue weighted by Crippen LogP contribution is -2.36. The maximum Gasteiger partial charge on any atom is 0.335 e. The molecule has 0 saturated heterocycles. The van der Waals surface area contributed by atoms with Gasteiger partial charge in [0.15, 0.2) is 0 Å². The highest BCUT2D eigenvalue weighted by Crippen LogP contribution is 2.23. The number of carboxylic acids is 1. The van der Waals surface area contributed by atoms with Crippen LogP contribution >= 0.6 is 0 Å². The van der Waals surface area contributed by atoms with Gasteiger partial charge >= 0.3 is 5.97 Å². The Morgan fingerprint density at radius 3 is 2.81 bits per heavy atom. The van der Waals surface area contributed by atoms with Gasteiger partial charge in [-0.15, -0.1) is 0 Å². The molecule has 1 aliphatic heterocycles. The van der Waals surface area contributed by atoms with E-state index >= 15 is 0 Å². The van der Waals surface area contributed by atoms with Crippen LogP contribution in [-0.4, -0.2) is 33.4 Å². The molecule has 0 saturated carbocycles. The highest BCUT2D eigenvalue weighted by atomic mass is 16.4. The fourth-order valence-corrected chi connectivity index (χ4v) is 3.83. The molecule has 3 aromatic rings. The molecule has 2 heterocycles. The monoisotopic (exact) mass is 362 g/mol. The molecule has 1 aliphatic rings. The molecule has 0 fully saturated rings. The molecule has 27 heavy (non-hydrogen) atoms. The van der Waals surface area contributed by atoms with Crippen LogP contribution in [0.5, 0.6) is 0 Å². The molecule has 0 atom stereocenters. The molecule has 0 unspecified atom stereocenters. The number of carbonyl (C=O) groups is 2. The van der Waals surface area contributed by atoms with Crippen LogP contribution in [0.2, 0.25) is 0 Å². The first-order chi connectivity index (χ1) is 13.1. The molecule has 4 rings (SSSR count). The number of fused-ring (bicyclic) bond motifs is 2. The van der Waals surface area contributed by atoms with E-state index in [2.05, 4.69) is 17.1 Å². The molecular formula is C22H22N2O3. The normalized spacial score (nSPS) is 13.6. The van der Waals surface area contributed by atoms with Crippen molar-refractivity contribution in [1.29, 1.82) is 0 Å². The van der Waals surface area contributed by atoms with Crippen molar-refractivity contribution >= 4 is 22.8 Å². The number of aryl methyl sites for hydroxylation is 1. The number of nitrogens with zero attached hydrogens (tertiary/aromatic N) is 1. The Bertz CT molecular complexity index is 1010. The fourth-order valence-electron chi connectivity index (χ4n) is 3.83. The second-order valence-electron chi connectivity index (χ2n) is 7.07. The van der Waals surface area contributed by atoms with Gasteiger partial charge in [0.2, 0.25) is 5.91 Å². The lowest BCUT2D eigenvalue weighted by Gasteiger charge is -2.29. The number of H-pyrrole nitrogens is 1. The number of hydrogen-bond acceptors (Lipinski definition) is 2. The zero-order valence-electron chi connectivity index (χ0n) is 15.1. The third-order valence-corrected chi connectivity index (χ3v) is 5.33. The predicted octanol–water partition coefficient (Wildman–Crippen LogP) is 3.77. The molecule has 0 bridgehead atoms. The second kappa shape index (κ2) is 7.27. The van der Waals surface area contributed by atoms with Crippen molar-refractivity contribution in [2.75, 3.05) is 6.54 Å². The number of rotatable bonds is 5. The van der Waals surface area contributed by atoms with Crippen LogP contribution in [0.4, 0.5) is 0 Å². The Hall–Kier alpha value is -3.08. The van der Waals surface area contributed by atoms with E-state index in [-0.39, 0.29) is 11.5 Å². The molecule has 5 heteroatoms. The molecule has 5 nitrogen and oxygen atoms in total. The van der Waals surface area contributed by atoms with E-state index in [1.165, 1.54) is 10.9 Å². The van der Waals surface area contributed by atoms with Gasteiger partial charge < -0.3 is 15.0 Å². The molecular weight excluding hydrogens is 340 g/mol. The fraction of sp³-hybridized carbons (Fsp3) is 0.273. The number of amides is 1. The zero-order valence-corrected chi connectivity index (χ0v) is 15.1. The van der Waals surface area contributed by atoms with Crippen LogP contribution in [0, 0.1) is 0 Å². The molecule has 0 radical (unpaired) electrons. The zero-order chi connectivity index (χ0) is 18.8. The largest absolute Gasteiger partial charge is 0.478 e. The number of aromatic nitrogens is 1. The van der Waals surface area contributed by atoms with E-state index < -0.39 is 5.97 Å². The van der Waals surface area contributed by atoms with Gasteiger partial charge in [-0.2, -0.15) is 0 Å². The van der Waals surface area contributed by atoms with Gasteiger partial charge in [-0.05, 0) is 54.2 Å². The van der Waals surface area contributed by atoms with Crippen LogP contribution in [0.3, 0.4) is 0 Å². The second-order valence-corrected chi connectivity index (χ2v) is 7.07. The summed E-state index contributed by atoms with van der Waals surface area (Å²) >= 11 is 0. The number of para-hydroxylation sites is 1. The smallest absolute Gasteiger partial charge is 0.335 e. The van der Waals surface area contributed by atoms with Crippen molar-refractivity contribution in [1.82, 2.24) is 9.88 Å². The maximum atomic E-state index is 12.6. The maximum absolute atomic E-state index is 12.6. The standard InChI is InChI=1S/C22H22N2O3/c25-21(7-3-4-17-13-23-20-6-2-1-5-19(17)20)24-11-10-15-8-9-16(22(26)27)12-18(15)14-24/h1-2,5-6,8-9,12-13,23H,3-4,7,10-11,14H2,(H,26,27). The summed E-state index contributed by atoms with van der Waals surface area (Å²) in [7, 11) is 0. The number of carboxylic acid groups (broad SMARTS) is 1. The van der Waals surface area contributed by atoms with Gasteiger partial charge in [-0.3, -0.25) is 4.79 Å². The average molecular weight is 362 g/mol. The van der Waals surface area contributed by atoms with Gasteiger partial charge in [-0.25, -0.2) is 4.79 Å². The van der Waals surface area contributed by atoms with Gasteiger partial charge in [0, 0.05) is 36.6 Å². The van der Waals surface area contributed by atoms with Crippen molar-refractivity contribution in [3.8, 4) is 0 Å². The van der Waals surface area contributed by atoms with Gasteiger partial charge in [-0.1, -0.05) is 24.3 Å². The van der Waals surface area contributed by atoms with Crippen molar-refractivity contribution in [2.24, 2.45) is 0 Å². The number of hydrogen-bond donors (Lipinski definition) is 2. The highest BCUT2D eigenvalue weighted by molar-refractivity contribution is 5.88. The van der Waals surface area contributed by atoms with Crippen LogP contribution < -0.4 is 0 Å². The van der Waals surface area contributed by atoms with E-state index in [0.29, 0.717) is 19.5 Å². The first-order valence-corrected chi connectivity index (χ1v) is 9.29. The summed E-state index contributed by atoms with van der Waals surface area (Å²) in [4.78, 5) is 28.9. The molecule has 2 aromatic carbocycles. The first kappa shape index (κ1) is 17.3. The minimum Gasteiger partial charge on any atom is -0.478 e. The predicted molar refractivity (Wildman–Crippen MR) is 104 cm³/mol. The summed E-state index contributed by atoms with van der Waals surface area (Å²) in [5.74, 6) is -0.791. The Morgan fingerprint density at radius 2 is 1.96 bits per heavy atom. The minimum absolute atomic E-state index is 0.140. The third kappa shape index (κ3) is 3.58. The van der Waals surface area contributed by atoms with Crippen molar-refractivity contribution in [3.05, 3.63) is 70.9 Å². The van der Waals surface area contributed by atoms with E-state index in [0.717, 1.165) is 35.9 Å². The van der Waals surface area contributed by atoms with Gasteiger partial charge in [0.05, 0.1) is 5.56 Å². The summed E-state index contributed by atoms with van der Waals surface area (Å²) in [6, 6.07) is 13.4. The van der Waals surface area contributed by atoms with Crippen LogP contribution in [0.25, 0.3) is 10.9 Å². The van der Waals surface area contributed by atoms with Crippen LogP contribution in [0.1, 0.15) is 39.9 Å². The van der Waals surface area contributed by atoms with E-state index in [9.17, 15) is 9.59 Å². The lowest BCUT2D eigenvalue weighted by atomic mass is 9.97. The Kier molecular flexibility index (Phi) is 4.67. The molecule has 0 aliphatic carbocycles. The molecule has 0 spiro atoms. The van der Waals surface area contributed by atoms with Gasteiger partial charge in [0.1, 0.15) is 0 Å². The van der Waals surface area contributed by atoms with Crippen LogP contribution in [0.15, 0.2) is 48.7 Å². The molecule has 2 N–H and O–H groups in total. The number of aromatic amines is 1. The molecule has 1 aromatic heterocycles. The Labute approximate surface area is 157 Å².